The fourth-order valence-corrected chi connectivity index (χ4v) is 1.34. The standard InChI is InChI=1S/C13H20N2O2/c1-8-10(6-5-7-11(8)16)12(17)15-13(3,4)9(2)14/h5-7,9,16H,14H2,1-4H3,(H,15,17). The number of nitrogens with one attached hydrogen (secondary N) is 1. The predicted molar refractivity (Wildman–Crippen MR) is 68.0 cm³/mol. The molecule has 1 aromatic rings. The highest BCUT2D eigenvalue weighted by molar-refractivity contribution is 5.96. The second-order valence-electron chi connectivity index (χ2n) is 4.91. The molecule has 1 unspecified atom stereocenters. The Morgan fingerprint density at radius 1 is 1.47 bits per heavy atom. The first-order valence-corrected chi connectivity index (χ1v) is 5.62. The molecule has 0 saturated heterocycles. The first kappa shape index (κ1) is 13.5. The number of phenols is 1. The Kier molecular flexibility index (Phi) is 3.78. The Balaban J connectivity index is 2.95. The van der Waals surface area contributed by atoms with Gasteiger partial charge in [0.05, 0.1) is 0 Å². The molecule has 4 nitrogen and oxygen atoms in total. The van der Waals surface area contributed by atoms with Gasteiger partial charge in [-0.2, -0.15) is 0 Å². The summed E-state index contributed by atoms with van der Waals surface area (Å²) in [6.45, 7) is 7.29. The van der Waals surface area contributed by atoms with Crippen LogP contribution in [0.3, 0.4) is 0 Å². The molecule has 0 aliphatic rings. The van der Waals surface area contributed by atoms with E-state index >= 15 is 0 Å². The third-order valence-corrected chi connectivity index (χ3v) is 3.12. The van der Waals surface area contributed by atoms with Crippen LogP contribution in [0.1, 0.15) is 36.7 Å². The van der Waals surface area contributed by atoms with Gasteiger partial charge in [0.25, 0.3) is 5.91 Å². The second-order valence-corrected chi connectivity index (χ2v) is 4.91. The van der Waals surface area contributed by atoms with E-state index in [4.69, 9.17) is 5.73 Å². The maximum Gasteiger partial charge on any atom is 0.252 e. The number of hydrogen-bond acceptors (Lipinski definition) is 3. The van der Waals surface area contributed by atoms with Crippen molar-refractivity contribution in [2.75, 3.05) is 0 Å². The highest BCUT2D eigenvalue weighted by Gasteiger charge is 2.26. The summed E-state index contributed by atoms with van der Waals surface area (Å²) in [4.78, 5) is 12.1. The van der Waals surface area contributed by atoms with Crippen LogP contribution in [0.25, 0.3) is 0 Å². The summed E-state index contributed by atoms with van der Waals surface area (Å²) >= 11 is 0. The van der Waals surface area contributed by atoms with Gasteiger partial charge in [-0.3, -0.25) is 4.79 Å². The number of aromatic hydroxyl groups is 1. The van der Waals surface area contributed by atoms with Gasteiger partial charge in [0.2, 0.25) is 0 Å². The van der Waals surface area contributed by atoms with Gasteiger partial charge in [-0.05, 0) is 39.8 Å². The Morgan fingerprint density at radius 3 is 2.59 bits per heavy atom. The van der Waals surface area contributed by atoms with Crippen molar-refractivity contribution >= 4 is 5.91 Å². The second kappa shape index (κ2) is 4.75. The number of phenolic OH excluding ortho intramolecular Hbond substituents is 1. The number of rotatable bonds is 3. The maximum atomic E-state index is 12.1. The number of hydrogen-bond donors (Lipinski definition) is 3. The van der Waals surface area contributed by atoms with Crippen LogP contribution in [0.4, 0.5) is 0 Å². The Morgan fingerprint density at radius 2 is 2.06 bits per heavy atom. The summed E-state index contributed by atoms with van der Waals surface area (Å²) in [6.07, 6.45) is 0. The molecule has 0 saturated carbocycles. The Labute approximate surface area is 102 Å². The van der Waals surface area contributed by atoms with Gasteiger partial charge in [-0.15, -0.1) is 0 Å². The van der Waals surface area contributed by atoms with Crippen molar-refractivity contribution < 1.29 is 9.90 Å². The van der Waals surface area contributed by atoms with E-state index < -0.39 is 5.54 Å². The number of carbonyl (C=O) groups excluding carboxylic acids is 1. The molecule has 1 amide bonds. The van der Waals surface area contributed by atoms with Gasteiger partial charge < -0.3 is 16.2 Å². The van der Waals surface area contributed by atoms with Gasteiger partial charge in [-0.1, -0.05) is 6.07 Å². The van der Waals surface area contributed by atoms with E-state index in [-0.39, 0.29) is 17.7 Å². The van der Waals surface area contributed by atoms with Gasteiger partial charge in [-0.25, -0.2) is 0 Å². The molecule has 0 radical (unpaired) electrons. The summed E-state index contributed by atoms with van der Waals surface area (Å²) in [5.74, 6) is -0.100. The van der Waals surface area contributed by atoms with Crippen molar-refractivity contribution in [3.8, 4) is 5.75 Å². The summed E-state index contributed by atoms with van der Waals surface area (Å²) in [5, 5.41) is 12.4. The first-order chi connectivity index (χ1) is 7.75. The quantitative estimate of drug-likeness (QED) is 0.745. The Hall–Kier alpha value is -1.55. The molecule has 0 bridgehead atoms. The number of benzene rings is 1. The molecule has 0 aliphatic heterocycles. The fraction of sp³-hybridized carbons (Fsp3) is 0.462. The van der Waals surface area contributed by atoms with E-state index in [2.05, 4.69) is 5.32 Å². The van der Waals surface area contributed by atoms with E-state index in [0.717, 1.165) is 0 Å². The van der Waals surface area contributed by atoms with Gasteiger partial charge in [0.1, 0.15) is 5.75 Å². The van der Waals surface area contributed by atoms with E-state index in [1.165, 1.54) is 0 Å². The van der Waals surface area contributed by atoms with Crippen LogP contribution in [-0.4, -0.2) is 22.6 Å². The summed E-state index contributed by atoms with van der Waals surface area (Å²) in [6, 6.07) is 4.73. The maximum absolute atomic E-state index is 12.1. The molecule has 4 heteroatoms. The molecule has 0 aromatic heterocycles. The zero-order valence-electron chi connectivity index (χ0n) is 10.7. The molecular formula is C13H20N2O2. The molecule has 0 spiro atoms. The molecule has 4 N–H and O–H groups in total. The lowest BCUT2D eigenvalue weighted by Gasteiger charge is -2.30. The minimum absolute atomic E-state index is 0.122. The zero-order valence-corrected chi connectivity index (χ0v) is 10.7. The molecule has 94 valence electrons. The monoisotopic (exact) mass is 236 g/mol. The van der Waals surface area contributed by atoms with Crippen molar-refractivity contribution in [3.05, 3.63) is 29.3 Å². The van der Waals surface area contributed by atoms with Crippen molar-refractivity contribution in [2.45, 2.75) is 39.3 Å². The molecule has 0 aliphatic carbocycles. The van der Waals surface area contributed by atoms with E-state index in [9.17, 15) is 9.90 Å². The minimum atomic E-state index is -0.491. The van der Waals surface area contributed by atoms with Crippen LogP contribution in [0.5, 0.6) is 5.75 Å². The Bertz CT molecular complexity index is 425. The molecule has 0 heterocycles. The van der Waals surface area contributed by atoms with Crippen LogP contribution in [-0.2, 0) is 0 Å². The lowest BCUT2D eigenvalue weighted by Crippen LogP contribution is -2.54. The van der Waals surface area contributed by atoms with Crippen LogP contribution >= 0.6 is 0 Å². The van der Waals surface area contributed by atoms with Gasteiger partial charge in [0.15, 0.2) is 0 Å². The fourth-order valence-electron chi connectivity index (χ4n) is 1.34. The van der Waals surface area contributed by atoms with E-state index in [1.807, 2.05) is 20.8 Å². The van der Waals surface area contributed by atoms with Gasteiger partial charge >= 0.3 is 0 Å². The predicted octanol–water partition coefficient (Wildman–Crippen LogP) is 1.56. The normalized spacial score (nSPS) is 13.2. The summed E-state index contributed by atoms with van der Waals surface area (Å²) < 4.78 is 0. The molecule has 17 heavy (non-hydrogen) atoms. The number of amides is 1. The lowest BCUT2D eigenvalue weighted by atomic mass is 9.95. The largest absolute Gasteiger partial charge is 0.508 e. The van der Waals surface area contributed by atoms with Crippen molar-refractivity contribution in [1.29, 1.82) is 0 Å². The van der Waals surface area contributed by atoms with Crippen LogP contribution in [0, 0.1) is 6.92 Å². The first-order valence-electron chi connectivity index (χ1n) is 5.62. The molecule has 1 rings (SSSR count). The molecule has 0 fully saturated rings. The van der Waals surface area contributed by atoms with Crippen molar-refractivity contribution in [1.82, 2.24) is 5.32 Å². The van der Waals surface area contributed by atoms with E-state index in [1.54, 1.807) is 25.1 Å². The highest BCUT2D eigenvalue weighted by atomic mass is 16.3. The smallest absolute Gasteiger partial charge is 0.252 e. The average molecular weight is 236 g/mol. The molecule has 1 aromatic carbocycles. The van der Waals surface area contributed by atoms with Gasteiger partial charge in [0, 0.05) is 22.7 Å². The highest BCUT2D eigenvalue weighted by Crippen LogP contribution is 2.20. The number of nitrogens with two attached hydrogens (primary N) is 1. The topological polar surface area (TPSA) is 75.3 Å². The molecule has 1 atom stereocenters. The third-order valence-electron chi connectivity index (χ3n) is 3.12. The molecular weight excluding hydrogens is 216 g/mol. The third kappa shape index (κ3) is 2.97. The van der Waals surface area contributed by atoms with Crippen molar-refractivity contribution in [2.24, 2.45) is 5.73 Å². The van der Waals surface area contributed by atoms with E-state index in [0.29, 0.717) is 11.1 Å². The van der Waals surface area contributed by atoms with Crippen LogP contribution in [0.2, 0.25) is 0 Å². The lowest BCUT2D eigenvalue weighted by molar-refractivity contribution is 0.0902. The average Bonchev–Trinajstić information content (AvgIpc) is 2.21. The minimum Gasteiger partial charge on any atom is -0.508 e. The summed E-state index contributed by atoms with van der Waals surface area (Å²) in [5.41, 5.74) is 6.35. The van der Waals surface area contributed by atoms with Crippen LogP contribution < -0.4 is 11.1 Å². The van der Waals surface area contributed by atoms with Crippen LogP contribution in [0.15, 0.2) is 18.2 Å². The number of carbonyl (C=O) groups is 1. The SMILES string of the molecule is Cc1c(O)cccc1C(=O)NC(C)(C)C(C)N. The zero-order chi connectivity index (χ0) is 13.2. The van der Waals surface area contributed by atoms with Crippen molar-refractivity contribution in [3.63, 3.8) is 0 Å². The summed E-state index contributed by atoms with van der Waals surface area (Å²) in [7, 11) is 0.